The summed E-state index contributed by atoms with van der Waals surface area (Å²) < 4.78 is 40.4. The molecule has 212 valence electrons. The molecule has 1 N–H and O–H groups in total. The van der Waals surface area contributed by atoms with Gasteiger partial charge in [-0.15, -0.1) is 0 Å². The van der Waals surface area contributed by atoms with Gasteiger partial charge in [0.2, 0.25) is 0 Å². The molecule has 0 heterocycles. The van der Waals surface area contributed by atoms with Gasteiger partial charge in [-0.2, -0.15) is 5.10 Å². The van der Waals surface area contributed by atoms with E-state index in [0.717, 1.165) is 5.56 Å². The fourth-order valence-corrected chi connectivity index (χ4v) is 6.23. The highest BCUT2D eigenvalue weighted by atomic mass is 79.9. The molecule has 0 atom stereocenters. The molecule has 0 radical (unpaired) electrons. The third-order valence-electron chi connectivity index (χ3n) is 6.10. The van der Waals surface area contributed by atoms with Gasteiger partial charge in [0.15, 0.2) is 11.5 Å². The number of hydrogen-bond acceptors (Lipinski definition) is 6. The summed E-state index contributed by atoms with van der Waals surface area (Å²) in [6.45, 7) is 1.85. The molecule has 1 amide bonds. The number of hydrogen-bond donors (Lipinski definition) is 1. The maximum absolute atomic E-state index is 13.9. The van der Waals surface area contributed by atoms with Gasteiger partial charge < -0.3 is 9.47 Å². The second-order valence-corrected chi connectivity index (χ2v) is 12.1. The minimum absolute atomic E-state index is 0.0272. The lowest BCUT2D eigenvalue weighted by atomic mass is 10.1. The van der Waals surface area contributed by atoms with Crippen LogP contribution in [-0.4, -0.2) is 34.8 Å². The van der Waals surface area contributed by atoms with Crippen molar-refractivity contribution in [2.45, 2.75) is 18.4 Å². The normalized spacial score (nSPS) is 11.3. The van der Waals surface area contributed by atoms with E-state index in [1.165, 1.54) is 24.7 Å². The van der Waals surface area contributed by atoms with Gasteiger partial charge in [0.1, 0.15) is 0 Å². The Morgan fingerprint density at radius 1 is 1.00 bits per heavy atom. The van der Waals surface area contributed by atoms with Crippen molar-refractivity contribution in [1.82, 2.24) is 5.43 Å². The van der Waals surface area contributed by atoms with Crippen molar-refractivity contribution >= 4 is 55.4 Å². The Morgan fingerprint density at radius 3 is 2.34 bits per heavy atom. The zero-order valence-electron chi connectivity index (χ0n) is 22.5. The summed E-state index contributed by atoms with van der Waals surface area (Å²) in [5.74, 6) is 0.425. The first kappa shape index (κ1) is 30.1. The second kappa shape index (κ2) is 13.2. The van der Waals surface area contributed by atoms with E-state index in [0.29, 0.717) is 32.1 Å². The van der Waals surface area contributed by atoms with Crippen molar-refractivity contribution in [2.75, 3.05) is 18.5 Å². The number of methoxy groups -OCH3 is 2. The van der Waals surface area contributed by atoms with Crippen LogP contribution in [0.5, 0.6) is 11.5 Å². The van der Waals surface area contributed by atoms with Crippen molar-refractivity contribution in [2.24, 2.45) is 5.10 Å². The van der Waals surface area contributed by atoms with Crippen LogP contribution in [0.2, 0.25) is 5.02 Å². The molecule has 4 aromatic carbocycles. The van der Waals surface area contributed by atoms with Crippen LogP contribution < -0.4 is 19.2 Å². The SMILES string of the molecule is COc1cc(/C=N\NC(=O)c2ccccc2N(Cc2ccc(Cl)cc2)S(=O)(=O)c2ccc(C)cc2)cc(Br)c1OC. The fourth-order valence-electron chi connectivity index (χ4n) is 4.01. The lowest BCUT2D eigenvalue weighted by Crippen LogP contribution is -2.33. The molecule has 0 bridgehead atoms. The second-order valence-electron chi connectivity index (χ2n) is 8.91. The van der Waals surface area contributed by atoms with Crippen molar-refractivity contribution in [3.8, 4) is 11.5 Å². The van der Waals surface area contributed by atoms with Crippen LogP contribution in [0.3, 0.4) is 0 Å². The number of rotatable bonds is 10. The van der Waals surface area contributed by atoms with Crippen LogP contribution in [0, 0.1) is 6.92 Å². The van der Waals surface area contributed by atoms with Crippen molar-refractivity contribution < 1.29 is 22.7 Å². The maximum Gasteiger partial charge on any atom is 0.273 e. The molecular weight excluding hydrogens is 630 g/mol. The number of sulfonamides is 1. The number of halogens is 2. The molecule has 4 aromatic rings. The smallest absolute Gasteiger partial charge is 0.273 e. The van der Waals surface area contributed by atoms with Crippen molar-refractivity contribution in [1.29, 1.82) is 0 Å². The molecule has 0 unspecified atom stereocenters. The minimum Gasteiger partial charge on any atom is -0.493 e. The zero-order chi connectivity index (χ0) is 29.6. The number of carbonyl (C=O) groups is 1. The Bertz CT molecular complexity index is 1680. The summed E-state index contributed by atoms with van der Waals surface area (Å²) in [4.78, 5) is 13.4. The van der Waals surface area contributed by atoms with Gasteiger partial charge in [0, 0.05) is 5.02 Å². The monoisotopic (exact) mass is 655 g/mol. The molecule has 0 aliphatic heterocycles. The highest BCUT2D eigenvalue weighted by Gasteiger charge is 2.28. The number of carbonyl (C=O) groups excluding carboxylic acids is 1. The summed E-state index contributed by atoms with van der Waals surface area (Å²) in [6, 6.07) is 23.4. The average molecular weight is 657 g/mol. The van der Waals surface area contributed by atoms with Crippen LogP contribution in [0.1, 0.15) is 27.0 Å². The van der Waals surface area contributed by atoms with Crippen LogP contribution in [0.4, 0.5) is 5.69 Å². The molecule has 8 nitrogen and oxygen atoms in total. The molecule has 0 fully saturated rings. The Hall–Kier alpha value is -3.86. The molecule has 11 heteroatoms. The number of para-hydroxylation sites is 1. The lowest BCUT2D eigenvalue weighted by Gasteiger charge is -2.26. The van der Waals surface area contributed by atoms with Gasteiger partial charge in [0.25, 0.3) is 15.9 Å². The highest BCUT2D eigenvalue weighted by molar-refractivity contribution is 9.10. The van der Waals surface area contributed by atoms with Gasteiger partial charge in [-0.05, 0) is 82.5 Å². The largest absolute Gasteiger partial charge is 0.493 e. The van der Waals surface area contributed by atoms with E-state index in [4.69, 9.17) is 21.1 Å². The van der Waals surface area contributed by atoms with E-state index in [2.05, 4.69) is 26.5 Å². The number of ether oxygens (including phenoxy) is 2. The van der Waals surface area contributed by atoms with Gasteiger partial charge >= 0.3 is 0 Å². The van der Waals surface area contributed by atoms with E-state index >= 15 is 0 Å². The van der Waals surface area contributed by atoms with E-state index in [9.17, 15) is 13.2 Å². The summed E-state index contributed by atoms with van der Waals surface area (Å²) in [7, 11) is -1.02. The molecule has 0 aliphatic rings. The maximum atomic E-state index is 13.9. The van der Waals surface area contributed by atoms with Crippen LogP contribution >= 0.6 is 27.5 Å². The topological polar surface area (TPSA) is 97.3 Å². The number of amides is 1. The number of benzene rings is 4. The third-order valence-corrected chi connectivity index (χ3v) is 8.72. The number of nitrogens with zero attached hydrogens (tertiary/aromatic N) is 2. The predicted molar refractivity (Wildman–Crippen MR) is 165 cm³/mol. The van der Waals surface area contributed by atoms with Gasteiger partial charge in [-0.25, -0.2) is 13.8 Å². The molecular formula is C30H27BrClN3O5S. The van der Waals surface area contributed by atoms with Gasteiger partial charge in [0.05, 0.1) is 47.6 Å². The number of anilines is 1. The standard InChI is InChI=1S/C30H27BrClN3O5S/c1-20-8-14-24(15-9-20)41(37,38)35(19-21-10-12-23(32)13-11-21)27-7-5-4-6-25(27)30(36)34-33-18-22-16-26(31)29(40-3)28(17-22)39-2/h4-18H,19H2,1-3H3,(H,34,36)/b33-18-. The van der Waals surface area contributed by atoms with E-state index in [-0.39, 0.29) is 22.7 Å². The summed E-state index contributed by atoms with van der Waals surface area (Å²) in [5.41, 5.74) is 5.08. The molecule has 0 saturated heterocycles. The molecule has 0 aromatic heterocycles. The van der Waals surface area contributed by atoms with E-state index in [1.54, 1.807) is 84.9 Å². The van der Waals surface area contributed by atoms with Crippen LogP contribution in [-0.2, 0) is 16.6 Å². The summed E-state index contributed by atoms with van der Waals surface area (Å²) in [5, 5.41) is 4.62. The first-order valence-corrected chi connectivity index (χ1v) is 14.9. The van der Waals surface area contributed by atoms with E-state index < -0.39 is 15.9 Å². The third kappa shape index (κ3) is 7.08. The van der Waals surface area contributed by atoms with Crippen LogP contribution in [0.25, 0.3) is 0 Å². The fraction of sp³-hybridized carbons (Fsp3) is 0.133. The van der Waals surface area contributed by atoms with E-state index in [1.807, 2.05) is 6.92 Å². The predicted octanol–water partition coefficient (Wildman–Crippen LogP) is 6.59. The molecule has 4 rings (SSSR count). The molecule has 0 aliphatic carbocycles. The van der Waals surface area contributed by atoms with Crippen LogP contribution in [0.15, 0.2) is 99.4 Å². The Labute approximate surface area is 252 Å². The highest BCUT2D eigenvalue weighted by Crippen LogP contribution is 2.36. The Kier molecular flexibility index (Phi) is 9.69. The number of nitrogens with one attached hydrogen (secondary N) is 1. The molecule has 0 spiro atoms. The number of hydrazone groups is 1. The first-order chi connectivity index (χ1) is 19.6. The zero-order valence-corrected chi connectivity index (χ0v) is 25.6. The quantitative estimate of drug-likeness (QED) is 0.154. The Morgan fingerprint density at radius 2 is 1.68 bits per heavy atom. The molecule has 0 saturated carbocycles. The van der Waals surface area contributed by atoms with Gasteiger partial charge in [-0.3, -0.25) is 9.10 Å². The van der Waals surface area contributed by atoms with Crippen molar-refractivity contribution in [3.05, 3.63) is 117 Å². The minimum atomic E-state index is -4.07. The Balaban J connectivity index is 1.69. The lowest BCUT2D eigenvalue weighted by molar-refractivity contribution is 0.0955. The van der Waals surface area contributed by atoms with Gasteiger partial charge in [-0.1, -0.05) is 53.6 Å². The average Bonchev–Trinajstić information content (AvgIpc) is 2.96. The number of aryl methyl sites for hydroxylation is 1. The summed E-state index contributed by atoms with van der Waals surface area (Å²) >= 11 is 9.48. The molecule has 41 heavy (non-hydrogen) atoms. The summed E-state index contributed by atoms with van der Waals surface area (Å²) in [6.07, 6.45) is 1.45. The first-order valence-electron chi connectivity index (χ1n) is 12.3. The van der Waals surface area contributed by atoms with Crippen molar-refractivity contribution in [3.63, 3.8) is 0 Å².